The van der Waals surface area contributed by atoms with Crippen LogP contribution in [0.5, 0.6) is 11.5 Å². The molecule has 0 N–H and O–H groups in total. The molecule has 1 aliphatic rings. The maximum absolute atomic E-state index is 13.2. The molecule has 0 aromatic heterocycles. The lowest BCUT2D eigenvalue weighted by Gasteiger charge is -2.15. The van der Waals surface area contributed by atoms with Crippen molar-refractivity contribution in [2.45, 2.75) is 45.8 Å². The van der Waals surface area contributed by atoms with Crippen LogP contribution in [0.3, 0.4) is 0 Å². The van der Waals surface area contributed by atoms with Crippen LogP contribution >= 0.6 is 11.8 Å². The fourth-order valence-electron chi connectivity index (χ4n) is 2.96. The third kappa shape index (κ3) is 3.19. The van der Waals surface area contributed by atoms with Crippen LogP contribution in [0.4, 0.5) is 0 Å². The molecule has 0 bridgehead atoms. The SMILES string of the molecule is CCC(C)c1ccc2c(c1)Sc1ccccc1S(=O)c1ccccc1O2. The molecule has 2 nitrogen and oxygen atoms in total. The van der Waals surface area contributed by atoms with E-state index in [9.17, 15) is 4.21 Å². The lowest BCUT2D eigenvalue weighted by molar-refractivity contribution is 0.458. The van der Waals surface area contributed by atoms with Gasteiger partial charge in [-0.15, -0.1) is 0 Å². The Balaban J connectivity index is 1.93. The molecule has 4 heteroatoms. The Morgan fingerprint density at radius 3 is 2.46 bits per heavy atom. The summed E-state index contributed by atoms with van der Waals surface area (Å²) in [6.45, 7) is 4.44. The van der Waals surface area contributed by atoms with Crippen molar-refractivity contribution < 1.29 is 8.95 Å². The van der Waals surface area contributed by atoms with Gasteiger partial charge in [0.05, 0.1) is 25.5 Å². The maximum atomic E-state index is 13.2. The van der Waals surface area contributed by atoms with E-state index in [0.29, 0.717) is 16.6 Å². The van der Waals surface area contributed by atoms with Crippen LogP contribution in [0, 0.1) is 0 Å². The van der Waals surface area contributed by atoms with E-state index < -0.39 is 10.8 Å². The molecule has 1 aliphatic heterocycles. The molecule has 3 aromatic carbocycles. The minimum atomic E-state index is -1.28. The first-order valence-electron chi connectivity index (χ1n) is 8.77. The number of ether oxygens (including phenoxy) is 1. The molecule has 0 saturated heterocycles. The Bertz CT molecular complexity index is 981. The zero-order chi connectivity index (χ0) is 18.1. The summed E-state index contributed by atoms with van der Waals surface area (Å²) >= 11 is 1.63. The summed E-state index contributed by atoms with van der Waals surface area (Å²) in [5, 5.41) is 0. The average Bonchev–Trinajstić information content (AvgIpc) is 2.73. The van der Waals surface area contributed by atoms with E-state index in [0.717, 1.165) is 26.9 Å². The van der Waals surface area contributed by atoms with Crippen molar-refractivity contribution in [1.82, 2.24) is 0 Å². The molecule has 0 fully saturated rings. The summed E-state index contributed by atoms with van der Waals surface area (Å²) in [5.41, 5.74) is 1.30. The Hall–Kier alpha value is -2.04. The highest BCUT2D eigenvalue weighted by Crippen LogP contribution is 2.44. The third-order valence-electron chi connectivity index (χ3n) is 4.69. The lowest BCUT2D eigenvalue weighted by atomic mass is 9.99. The Morgan fingerprint density at radius 2 is 1.65 bits per heavy atom. The van der Waals surface area contributed by atoms with Gasteiger partial charge in [0.25, 0.3) is 0 Å². The van der Waals surface area contributed by atoms with Crippen molar-refractivity contribution in [3.05, 3.63) is 72.3 Å². The zero-order valence-electron chi connectivity index (χ0n) is 14.8. The van der Waals surface area contributed by atoms with Crippen LogP contribution in [0.15, 0.2) is 86.3 Å². The van der Waals surface area contributed by atoms with E-state index in [4.69, 9.17) is 4.74 Å². The number of rotatable bonds is 2. The number of para-hydroxylation sites is 1. The summed E-state index contributed by atoms with van der Waals surface area (Å²) in [4.78, 5) is 3.60. The molecular weight excluding hydrogens is 360 g/mol. The highest BCUT2D eigenvalue weighted by Gasteiger charge is 2.22. The van der Waals surface area contributed by atoms with Crippen molar-refractivity contribution in [2.24, 2.45) is 0 Å². The molecule has 26 heavy (non-hydrogen) atoms. The molecule has 0 radical (unpaired) electrons. The monoisotopic (exact) mass is 380 g/mol. The molecular formula is C22H20O2S2. The smallest absolute Gasteiger partial charge is 0.143 e. The Kier molecular flexibility index (Phi) is 4.88. The van der Waals surface area contributed by atoms with Gasteiger partial charge in [-0.05, 0) is 54.3 Å². The maximum Gasteiger partial charge on any atom is 0.143 e. The minimum absolute atomic E-state index is 0.491. The zero-order valence-corrected chi connectivity index (χ0v) is 16.4. The standard InChI is InChI=1S/C22H20O2S2/c1-3-15(2)16-12-13-17-20(14-16)25-19-9-5-7-11-22(19)26(23)21-10-6-4-8-18(21)24-17/h4-15H,3H2,1-2H3. The van der Waals surface area contributed by atoms with E-state index in [1.54, 1.807) is 11.8 Å². The predicted octanol–water partition coefficient (Wildman–Crippen LogP) is 6.62. The molecule has 0 aliphatic carbocycles. The van der Waals surface area contributed by atoms with Gasteiger partial charge in [0.2, 0.25) is 0 Å². The van der Waals surface area contributed by atoms with Crippen LogP contribution in [-0.4, -0.2) is 4.21 Å². The highest BCUT2D eigenvalue weighted by atomic mass is 32.2. The van der Waals surface area contributed by atoms with E-state index >= 15 is 0 Å². The molecule has 0 saturated carbocycles. The van der Waals surface area contributed by atoms with Crippen molar-refractivity contribution in [2.75, 3.05) is 0 Å². The second-order valence-electron chi connectivity index (χ2n) is 6.38. The number of benzene rings is 3. The largest absolute Gasteiger partial charge is 0.455 e. The van der Waals surface area contributed by atoms with Crippen LogP contribution in [0.2, 0.25) is 0 Å². The van der Waals surface area contributed by atoms with Crippen molar-refractivity contribution in [3.63, 3.8) is 0 Å². The van der Waals surface area contributed by atoms with Gasteiger partial charge in [-0.3, -0.25) is 0 Å². The van der Waals surface area contributed by atoms with Gasteiger partial charge in [0, 0.05) is 4.90 Å². The fourth-order valence-corrected chi connectivity index (χ4v) is 5.46. The number of hydrogen-bond acceptors (Lipinski definition) is 3. The van der Waals surface area contributed by atoms with Crippen LogP contribution in [-0.2, 0) is 10.8 Å². The van der Waals surface area contributed by atoms with Gasteiger partial charge in [-0.2, -0.15) is 0 Å². The first-order chi connectivity index (χ1) is 12.7. The van der Waals surface area contributed by atoms with Crippen molar-refractivity contribution in [1.29, 1.82) is 0 Å². The summed E-state index contributed by atoms with van der Waals surface area (Å²) < 4.78 is 19.4. The first kappa shape index (κ1) is 17.4. The fraction of sp³-hybridized carbons (Fsp3) is 0.182. The third-order valence-corrected chi connectivity index (χ3v) is 7.42. The van der Waals surface area contributed by atoms with Gasteiger partial charge in [-0.1, -0.05) is 55.9 Å². The normalized spacial score (nSPS) is 16.8. The molecule has 1 heterocycles. The van der Waals surface area contributed by atoms with E-state index in [1.807, 2.05) is 54.6 Å². The molecule has 2 atom stereocenters. The Labute approximate surface area is 161 Å². The summed E-state index contributed by atoms with van der Waals surface area (Å²) in [7, 11) is -1.28. The molecule has 3 aromatic rings. The van der Waals surface area contributed by atoms with Gasteiger partial charge >= 0.3 is 0 Å². The highest BCUT2D eigenvalue weighted by molar-refractivity contribution is 8.00. The van der Waals surface area contributed by atoms with Crippen LogP contribution in [0.25, 0.3) is 0 Å². The van der Waals surface area contributed by atoms with Gasteiger partial charge in [0.1, 0.15) is 11.5 Å². The molecule has 132 valence electrons. The van der Waals surface area contributed by atoms with Crippen LogP contribution < -0.4 is 4.74 Å². The topological polar surface area (TPSA) is 26.3 Å². The van der Waals surface area contributed by atoms with E-state index in [-0.39, 0.29) is 0 Å². The summed E-state index contributed by atoms with van der Waals surface area (Å²) in [6, 6.07) is 21.9. The predicted molar refractivity (Wildman–Crippen MR) is 107 cm³/mol. The molecule has 0 spiro atoms. The second kappa shape index (κ2) is 7.29. The Morgan fingerprint density at radius 1 is 0.923 bits per heavy atom. The first-order valence-corrected chi connectivity index (χ1v) is 10.7. The number of fused-ring (bicyclic) bond motifs is 3. The lowest BCUT2D eigenvalue weighted by Crippen LogP contribution is -1.97. The van der Waals surface area contributed by atoms with Gasteiger partial charge < -0.3 is 4.74 Å². The van der Waals surface area contributed by atoms with Gasteiger partial charge in [-0.25, -0.2) is 4.21 Å². The quantitative estimate of drug-likeness (QED) is 0.391. The molecule has 4 rings (SSSR count). The van der Waals surface area contributed by atoms with Crippen LogP contribution in [0.1, 0.15) is 31.7 Å². The molecule has 2 unspecified atom stereocenters. The average molecular weight is 381 g/mol. The summed E-state index contributed by atoms with van der Waals surface area (Å²) in [5.74, 6) is 1.95. The van der Waals surface area contributed by atoms with E-state index in [1.165, 1.54) is 5.56 Å². The second-order valence-corrected chi connectivity index (χ2v) is 8.88. The minimum Gasteiger partial charge on any atom is -0.455 e. The molecule has 0 amide bonds. The van der Waals surface area contributed by atoms with Crippen molar-refractivity contribution >= 4 is 22.6 Å². The van der Waals surface area contributed by atoms with Gasteiger partial charge in [0.15, 0.2) is 0 Å². The van der Waals surface area contributed by atoms with E-state index in [2.05, 4.69) is 26.0 Å². The summed E-state index contributed by atoms with van der Waals surface area (Å²) in [6.07, 6.45) is 1.09. The number of hydrogen-bond donors (Lipinski definition) is 0. The van der Waals surface area contributed by atoms with Crippen molar-refractivity contribution in [3.8, 4) is 11.5 Å².